The minimum atomic E-state index is 0.0106. The number of piperidine rings is 1. The summed E-state index contributed by atoms with van der Waals surface area (Å²) in [4.78, 5) is 31.2. The van der Waals surface area contributed by atoms with Crippen molar-refractivity contribution in [3.63, 3.8) is 0 Å². The fourth-order valence-corrected chi connectivity index (χ4v) is 4.77. The van der Waals surface area contributed by atoms with Gasteiger partial charge in [0.25, 0.3) is 0 Å². The second-order valence-electron chi connectivity index (χ2n) is 8.45. The summed E-state index contributed by atoms with van der Waals surface area (Å²) in [7, 11) is 0. The van der Waals surface area contributed by atoms with Crippen molar-refractivity contribution < 1.29 is 14.3 Å². The van der Waals surface area contributed by atoms with Crippen molar-refractivity contribution in [2.75, 3.05) is 26.3 Å². The molecule has 162 valence electrons. The molecular formula is C23H32N4O3. The van der Waals surface area contributed by atoms with E-state index in [1.807, 2.05) is 24.1 Å². The molecular weight excluding hydrogens is 380 g/mol. The van der Waals surface area contributed by atoms with Gasteiger partial charge in [-0.05, 0) is 63.6 Å². The Labute approximate surface area is 177 Å². The first kappa shape index (κ1) is 20.8. The monoisotopic (exact) mass is 412 g/mol. The van der Waals surface area contributed by atoms with Gasteiger partial charge in [-0.2, -0.15) is 0 Å². The highest BCUT2D eigenvalue weighted by molar-refractivity contribution is 5.80. The number of amides is 2. The van der Waals surface area contributed by atoms with Crippen LogP contribution in [0.3, 0.4) is 0 Å². The molecule has 0 radical (unpaired) electrons. The van der Waals surface area contributed by atoms with E-state index >= 15 is 0 Å². The first-order valence-corrected chi connectivity index (χ1v) is 11.2. The minimum Gasteiger partial charge on any atom is -0.372 e. The van der Waals surface area contributed by atoms with E-state index < -0.39 is 0 Å². The van der Waals surface area contributed by atoms with Gasteiger partial charge in [0.15, 0.2) is 0 Å². The van der Waals surface area contributed by atoms with Crippen LogP contribution in [0.1, 0.15) is 51.5 Å². The molecule has 1 saturated heterocycles. The summed E-state index contributed by atoms with van der Waals surface area (Å²) in [5, 5.41) is 4.46. The normalized spacial score (nSPS) is 22.9. The van der Waals surface area contributed by atoms with Crippen molar-refractivity contribution in [3.05, 3.63) is 30.6 Å². The predicted molar refractivity (Wildman–Crippen MR) is 115 cm³/mol. The molecule has 30 heavy (non-hydrogen) atoms. The maximum Gasteiger partial charge on any atom is 0.248 e. The number of fused-ring (bicyclic) bond motifs is 1. The number of nitrogens with zero attached hydrogens (tertiary/aromatic N) is 3. The van der Waals surface area contributed by atoms with Gasteiger partial charge in [-0.25, -0.2) is 4.98 Å². The molecule has 1 saturated carbocycles. The Morgan fingerprint density at radius 1 is 1.13 bits per heavy atom. The third kappa shape index (κ3) is 4.67. The molecule has 0 atom stereocenters. The molecule has 0 spiro atoms. The molecule has 1 N–H and O–H groups in total. The first-order valence-electron chi connectivity index (χ1n) is 11.2. The highest BCUT2D eigenvalue weighted by atomic mass is 16.5. The van der Waals surface area contributed by atoms with Crippen molar-refractivity contribution in [1.29, 1.82) is 0 Å². The predicted octanol–water partition coefficient (Wildman–Crippen LogP) is 2.91. The van der Waals surface area contributed by atoms with Gasteiger partial charge in [0.05, 0.1) is 0 Å². The maximum absolute atomic E-state index is 12.7. The lowest BCUT2D eigenvalue weighted by atomic mass is 9.89. The van der Waals surface area contributed by atoms with E-state index in [-0.39, 0.29) is 30.4 Å². The zero-order valence-corrected chi connectivity index (χ0v) is 17.8. The minimum absolute atomic E-state index is 0.0106. The van der Waals surface area contributed by atoms with E-state index in [9.17, 15) is 9.59 Å². The van der Waals surface area contributed by atoms with Gasteiger partial charge in [-0.1, -0.05) is 0 Å². The second-order valence-corrected chi connectivity index (χ2v) is 8.45. The number of nitrogens with one attached hydrogen (secondary N) is 1. The molecule has 1 aliphatic heterocycles. The van der Waals surface area contributed by atoms with Crippen LogP contribution in [0.4, 0.5) is 0 Å². The number of hydrogen-bond acceptors (Lipinski definition) is 4. The molecule has 7 heteroatoms. The number of carbonyl (C=O) groups excluding carboxylic acids is 2. The lowest BCUT2D eigenvalue weighted by Crippen LogP contribution is -2.46. The van der Waals surface area contributed by atoms with Gasteiger partial charge in [0.2, 0.25) is 11.8 Å². The number of rotatable bonds is 6. The molecule has 7 nitrogen and oxygen atoms in total. The van der Waals surface area contributed by atoms with Crippen LogP contribution in [0, 0.1) is 5.92 Å². The molecule has 0 unspecified atom stereocenters. The van der Waals surface area contributed by atoms with Crippen LogP contribution < -0.4 is 5.32 Å². The fourth-order valence-electron chi connectivity index (χ4n) is 4.77. The van der Waals surface area contributed by atoms with Gasteiger partial charge >= 0.3 is 0 Å². The summed E-state index contributed by atoms with van der Waals surface area (Å²) in [5.74, 6) is 0.195. The lowest BCUT2D eigenvalue weighted by molar-refractivity contribution is -0.139. The molecule has 2 fully saturated rings. The Kier molecular flexibility index (Phi) is 6.67. The third-order valence-electron chi connectivity index (χ3n) is 6.56. The average molecular weight is 413 g/mol. The van der Waals surface area contributed by atoms with Crippen LogP contribution in [-0.4, -0.2) is 58.6 Å². The van der Waals surface area contributed by atoms with Gasteiger partial charge in [0.1, 0.15) is 12.3 Å². The first-order chi connectivity index (χ1) is 14.7. The highest BCUT2D eigenvalue weighted by Gasteiger charge is 2.30. The van der Waals surface area contributed by atoms with E-state index in [0.29, 0.717) is 25.7 Å². The van der Waals surface area contributed by atoms with Gasteiger partial charge < -0.3 is 19.5 Å². The third-order valence-corrected chi connectivity index (χ3v) is 6.56. The Hall–Kier alpha value is -2.41. The Morgan fingerprint density at radius 2 is 1.90 bits per heavy atom. The zero-order valence-electron chi connectivity index (χ0n) is 17.8. The molecule has 2 aromatic heterocycles. The fraction of sp³-hybridized carbons (Fsp3) is 0.609. The number of aromatic nitrogens is 2. The summed E-state index contributed by atoms with van der Waals surface area (Å²) in [5.41, 5.74) is 1.05. The van der Waals surface area contributed by atoms with Crippen molar-refractivity contribution in [1.82, 2.24) is 19.8 Å². The summed E-state index contributed by atoms with van der Waals surface area (Å²) < 4.78 is 7.50. The quantitative estimate of drug-likeness (QED) is 0.792. The van der Waals surface area contributed by atoms with E-state index in [1.165, 1.54) is 5.39 Å². The number of likely N-dealkylation sites (tertiary alicyclic amines) is 1. The lowest BCUT2D eigenvalue weighted by Gasteiger charge is -2.34. The SMILES string of the molecule is CCOCC(=O)N1CCC(C(=O)NC2CCC(n3ccc4cccnc43)CC2)CC1. The molecule has 2 aromatic rings. The highest BCUT2D eigenvalue weighted by Crippen LogP contribution is 2.31. The summed E-state index contributed by atoms with van der Waals surface area (Å²) >= 11 is 0. The summed E-state index contributed by atoms with van der Waals surface area (Å²) in [6.07, 6.45) is 9.55. The van der Waals surface area contributed by atoms with Crippen LogP contribution in [0.5, 0.6) is 0 Å². The molecule has 2 aliphatic rings. The smallest absolute Gasteiger partial charge is 0.248 e. The van der Waals surface area contributed by atoms with Crippen LogP contribution in [0.25, 0.3) is 11.0 Å². The number of ether oxygens (including phenoxy) is 1. The molecule has 0 aromatic carbocycles. The van der Waals surface area contributed by atoms with E-state index in [4.69, 9.17) is 4.74 Å². The molecule has 3 heterocycles. The Balaban J connectivity index is 1.23. The number of hydrogen-bond donors (Lipinski definition) is 1. The molecule has 0 bridgehead atoms. The maximum atomic E-state index is 12.7. The molecule has 2 amide bonds. The largest absolute Gasteiger partial charge is 0.372 e. The van der Waals surface area contributed by atoms with Gasteiger partial charge in [0, 0.05) is 55.5 Å². The van der Waals surface area contributed by atoms with Crippen molar-refractivity contribution in [3.8, 4) is 0 Å². The molecule has 1 aliphatic carbocycles. The Morgan fingerprint density at radius 3 is 2.63 bits per heavy atom. The average Bonchev–Trinajstić information content (AvgIpc) is 3.22. The van der Waals surface area contributed by atoms with E-state index in [2.05, 4.69) is 33.2 Å². The second kappa shape index (κ2) is 9.60. The topological polar surface area (TPSA) is 76.5 Å². The van der Waals surface area contributed by atoms with Crippen LogP contribution in [-0.2, 0) is 14.3 Å². The van der Waals surface area contributed by atoms with Gasteiger partial charge in [-0.3, -0.25) is 9.59 Å². The van der Waals surface area contributed by atoms with Crippen LogP contribution >= 0.6 is 0 Å². The van der Waals surface area contributed by atoms with Crippen LogP contribution in [0.2, 0.25) is 0 Å². The number of carbonyl (C=O) groups is 2. The number of pyridine rings is 1. The van der Waals surface area contributed by atoms with Crippen LogP contribution in [0.15, 0.2) is 30.6 Å². The van der Waals surface area contributed by atoms with Crippen molar-refractivity contribution >= 4 is 22.8 Å². The summed E-state index contributed by atoms with van der Waals surface area (Å²) in [6, 6.07) is 6.90. The molecule has 4 rings (SSSR count). The van der Waals surface area contributed by atoms with E-state index in [0.717, 1.165) is 44.2 Å². The Bertz CT molecular complexity index is 864. The zero-order chi connectivity index (χ0) is 20.9. The van der Waals surface area contributed by atoms with Crippen molar-refractivity contribution in [2.45, 2.75) is 57.5 Å². The standard InChI is InChI=1S/C23H32N4O3/c1-2-30-16-21(28)26-13-9-18(10-14-26)23(29)25-19-5-7-20(8-6-19)27-15-11-17-4-3-12-24-22(17)27/h3-4,11-12,15,18-20H,2,5-10,13-14,16H2,1H3,(H,25,29). The van der Waals surface area contributed by atoms with E-state index in [1.54, 1.807) is 0 Å². The van der Waals surface area contributed by atoms with Gasteiger partial charge in [-0.15, -0.1) is 0 Å². The summed E-state index contributed by atoms with van der Waals surface area (Å²) in [6.45, 7) is 3.86. The van der Waals surface area contributed by atoms with Crippen molar-refractivity contribution in [2.24, 2.45) is 5.92 Å².